The predicted molar refractivity (Wildman–Crippen MR) is 146 cm³/mol. The van der Waals surface area contributed by atoms with Crippen LogP contribution in [0, 0.1) is 0 Å². The molecule has 2 atom stereocenters. The quantitative estimate of drug-likeness (QED) is 0.459. The maximum absolute atomic E-state index is 13.9. The van der Waals surface area contributed by atoms with Gasteiger partial charge in [0.2, 0.25) is 5.91 Å². The topological polar surface area (TPSA) is 122 Å². The van der Waals surface area contributed by atoms with Crippen LogP contribution in [0.1, 0.15) is 37.0 Å². The smallest absolute Gasteiger partial charge is 0.281 e. The monoisotopic (exact) mass is 605 g/mol. The van der Waals surface area contributed by atoms with Crippen LogP contribution in [-0.4, -0.2) is 77.2 Å². The Bertz CT molecular complexity index is 1340. The van der Waals surface area contributed by atoms with E-state index in [-0.39, 0.29) is 19.5 Å². The van der Waals surface area contributed by atoms with Crippen LogP contribution in [-0.2, 0) is 39.2 Å². The van der Waals surface area contributed by atoms with E-state index in [1.165, 1.54) is 25.4 Å². The summed E-state index contributed by atoms with van der Waals surface area (Å²) in [5.74, 6) is -1.04. The standard InChI is InChI=1S/C24H32ClN3O7S3/c1-27(2)38(32,33)28-13-12-24(37(30,31)16-14-28,17-22(29)26-35-23-5-3-4-15-34-23)21-11-10-20(36-21)18-6-8-19(25)9-7-18/h6-11,23H,3-5,12-17H2,1-2H3,(H,26,29)/t23?,24-/m0/s1. The first-order valence-corrected chi connectivity index (χ1v) is 16.5. The second-order valence-electron chi connectivity index (χ2n) is 9.54. The van der Waals surface area contributed by atoms with Crippen molar-refractivity contribution >= 4 is 48.9 Å². The minimum Gasteiger partial charge on any atom is -0.350 e. The van der Waals surface area contributed by atoms with Gasteiger partial charge in [0.15, 0.2) is 16.1 Å². The molecule has 1 aromatic carbocycles. The number of hydrogen-bond acceptors (Lipinski definition) is 8. The Morgan fingerprint density at radius 2 is 1.95 bits per heavy atom. The summed E-state index contributed by atoms with van der Waals surface area (Å²) in [4.78, 5) is 19.8. The number of ether oxygens (including phenoxy) is 1. The molecule has 14 heteroatoms. The molecule has 1 unspecified atom stereocenters. The molecule has 1 amide bonds. The summed E-state index contributed by atoms with van der Waals surface area (Å²) in [6.45, 7) is 0.263. The number of rotatable bonds is 8. The third-order valence-corrected chi connectivity index (χ3v) is 13.0. The van der Waals surface area contributed by atoms with Crippen LogP contribution in [0.2, 0.25) is 5.02 Å². The minimum absolute atomic E-state index is 0.0617. The van der Waals surface area contributed by atoms with Crippen LogP contribution in [0.15, 0.2) is 36.4 Å². The van der Waals surface area contributed by atoms with E-state index < -0.39 is 49.2 Å². The van der Waals surface area contributed by atoms with Crippen molar-refractivity contribution in [2.24, 2.45) is 0 Å². The zero-order valence-corrected chi connectivity index (χ0v) is 24.5. The van der Waals surface area contributed by atoms with Crippen molar-refractivity contribution in [3.05, 3.63) is 46.3 Å². The van der Waals surface area contributed by atoms with Gasteiger partial charge in [-0.15, -0.1) is 11.3 Å². The Morgan fingerprint density at radius 1 is 1.21 bits per heavy atom. The van der Waals surface area contributed by atoms with Crippen LogP contribution < -0.4 is 5.48 Å². The Hall–Kier alpha value is -1.58. The molecular weight excluding hydrogens is 574 g/mol. The Kier molecular flexibility index (Phi) is 9.20. The number of hydroxylamine groups is 1. The molecule has 0 radical (unpaired) electrons. The van der Waals surface area contributed by atoms with Gasteiger partial charge in [-0.25, -0.2) is 18.7 Å². The number of nitrogens with one attached hydrogen (secondary N) is 1. The number of hydrogen-bond donors (Lipinski definition) is 1. The molecular formula is C24H32ClN3O7S3. The van der Waals surface area contributed by atoms with Gasteiger partial charge >= 0.3 is 0 Å². The summed E-state index contributed by atoms with van der Waals surface area (Å²) in [6, 6.07) is 10.7. The van der Waals surface area contributed by atoms with E-state index in [4.69, 9.17) is 21.2 Å². The molecule has 1 aromatic heterocycles. The predicted octanol–water partition coefficient (Wildman–Crippen LogP) is 3.16. The van der Waals surface area contributed by atoms with Crippen molar-refractivity contribution in [2.45, 2.75) is 43.1 Å². The van der Waals surface area contributed by atoms with Crippen LogP contribution in [0.5, 0.6) is 0 Å². The van der Waals surface area contributed by atoms with E-state index in [1.807, 2.05) is 18.2 Å². The highest BCUT2D eigenvalue weighted by Crippen LogP contribution is 2.45. The molecule has 0 saturated carbocycles. The molecule has 2 aliphatic heterocycles. The first-order valence-electron chi connectivity index (χ1n) is 12.3. The number of benzene rings is 1. The van der Waals surface area contributed by atoms with Crippen molar-refractivity contribution in [2.75, 3.05) is 39.5 Å². The molecule has 2 aromatic rings. The lowest BCUT2D eigenvalue weighted by Crippen LogP contribution is -2.43. The summed E-state index contributed by atoms with van der Waals surface area (Å²) < 4.78 is 59.6. The van der Waals surface area contributed by atoms with Gasteiger partial charge in [0.25, 0.3) is 10.2 Å². The highest BCUT2D eigenvalue weighted by Gasteiger charge is 2.50. The number of carbonyl (C=O) groups is 1. The summed E-state index contributed by atoms with van der Waals surface area (Å²) >= 11 is 7.29. The minimum atomic E-state index is -3.99. The van der Waals surface area contributed by atoms with Crippen molar-refractivity contribution < 1.29 is 31.2 Å². The molecule has 1 N–H and O–H groups in total. The van der Waals surface area contributed by atoms with Gasteiger partial charge in [0.05, 0.1) is 12.2 Å². The molecule has 2 saturated heterocycles. The second-order valence-corrected chi connectivity index (χ2v) is 15.6. The average Bonchev–Trinajstić information content (AvgIpc) is 3.33. The fourth-order valence-corrected chi connectivity index (χ4v) is 9.55. The number of nitrogens with zero attached hydrogens (tertiary/aromatic N) is 2. The van der Waals surface area contributed by atoms with Crippen LogP contribution >= 0.6 is 22.9 Å². The molecule has 3 heterocycles. The third kappa shape index (κ3) is 6.25. The van der Waals surface area contributed by atoms with Gasteiger partial charge in [0, 0.05) is 55.0 Å². The van der Waals surface area contributed by atoms with Gasteiger partial charge in [-0.05, 0) is 49.1 Å². The SMILES string of the molecule is CN(C)S(=O)(=O)N1CC[C@](CC(=O)NOC2CCCCO2)(c2ccc(-c3ccc(Cl)cc3)s2)S(=O)(=O)CC1. The molecule has 2 aliphatic rings. The van der Waals surface area contributed by atoms with E-state index in [1.54, 1.807) is 18.2 Å². The molecule has 4 rings (SSSR count). The zero-order valence-electron chi connectivity index (χ0n) is 21.3. The van der Waals surface area contributed by atoms with E-state index in [2.05, 4.69) is 5.48 Å². The maximum Gasteiger partial charge on any atom is 0.281 e. The van der Waals surface area contributed by atoms with Crippen LogP contribution in [0.4, 0.5) is 0 Å². The third-order valence-electron chi connectivity index (χ3n) is 6.83. The highest BCUT2D eigenvalue weighted by molar-refractivity contribution is 7.92. The van der Waals surface area contributed by atoms with Gasteiger partial charge in [0.1, 0.15) is 4.75 Å². The van der Waals surface area contributed by atoms with E-state index >= 15 is 0 Å². The zero-order chi connectivity index (χ0) is 27.6. The van der Waals surface area contributed by atoms with Gasteiger partial charge < -0.3 is 4.74 Å². The lowest BCUT2D eigenvalue weighted by atomic mass is 9.97. The van der Waals surface area contributed by atoms with Crippen LogP contribution in [0.3, 0.4) is 0 Å². The van der Waals surface area contributed by atoms with Crippen molar-refractivity contribution in [3.8, 4) is 10.4 Å². The number of sulfone groups is 1. The summed E-state index contributed by atoms with van der Waals surface area (Å²) in [5, 5.41) is 0.578. The van der Waals surface area contributed by atoms with Gasteiger partial charge in [-0.2, -0.15) is 17.0 Å². The van der Waals surface area contributed by atoms with Crippen molar-refractivity contribution in [3.63, 3.8) is 0 Å². The molecule has 0 aliphatic carbocycles. The molecule has 210 valence electrons. The fraction of sp³-hybridized carbons (Fsp3) is 0.542. The number of halogens is 1. The number of carbonyl (C=O) groups excluding carboxylic acids is 1. The van der Waals surface area contributed by atoms with E-state index in [0.29, 0.717) is 22.9 Å². The lowest BCUT2D eigenvalue weighted by molar-refractivity contribution is -0.200. The Labute approximate surface area is 232 Å². The molecule has 10 nitrogen and oxygen atoms in total. The Morgan fingerprint density at radius 3 is 2.61 bits per heavy atom. The first kappa shape index (κ1) is 29.4. The van der Waals surface area contributed by atoms with E-state index in [0.717, 1.165) is 31.9 Å². The second kappa shape index (κ2) is 11.9. The van der Waals surface area contributed by atoms with Crippen LogP contribution in [0.25, 0.3) is 10.4 Å². The largest absolute Gasteiger partial charge is 0.350 e. The molecule has 38 heavy (non-hydrogen) atoms. The summed E-state index contributed by atoms with van der Waals surface area (Å²) in [7, 11) is -5.04. The number of thiophene rings is 1. The highest BCUT2D eigenvalue weighted by atomic mass is 35.5. The van der Waals surface area contributed by atoms with Crippen molar-refractivity contribution in [1.29, 1.82) is 0 Å². The normalized spacial score (nSPS) is 24.7. The number of amides is 1. The van der Waals surface area contributed by atoms with Gasteiger partial charge in [-0.1, -0.05) is 23.7 Å². The average molecular weight is 606 g/mol. The maximum atomic E-state index is 13.9. The lowest BCUT2D eigenvalue weighted by Gasteiger charge is -2.31. The molecule has 0 bridgehead atoms. The molecule has 0 spiro atoms. The van der Waals surface area contributed by atoms with Gasteiger partial charge in [-0.3, -0.25) is 4.79 Å². The first-order chi connectivity index (χ1) is 17.9. The molecule has 2 fully saturated rings. The Balaban J connectivity index is 1.68. The fourth-order valence-electron chi connectivity index (χ4n) is 4.60. The summed E-state index contributed by atoms with van der Waals surface area (Å²) in [5.41, 5.74) is 3.23. The van der Waals surface area contributed by atoms with Crippen molar-refractivity contribution in [1.82, 2.24) is 14.1 Å². The van der Waals surface area contributed by atoms with E-state index in [9.17, 15) is 21.6 Å². The summed E-state index contributed by atoms with van der Waals surface area (Å²) in [6.07, 6.45) is 1.34.